The highest BCUT2D eigenvalue weighted by Gasteiger charge is 1.97. The van der Waals surface area contributed by atoms with E-state index in [-0.39, 0.29) is 0 Å². The molecule has 1 rings (SSSR count). The van der Waals surface area contributed by atoms with Gasteiger partial charge in [-0.3, -0.25) is 0 Å². The zero-order chi connectivity index (χ0) is 10.4. The van der Waals surface area contributed by atoms with E-state index in [4.69, 9.17) is 0 Å². The number of benzene rings is 1. The van der Waals surface area contributed by atoms with Crippen molar-refractivity contribution in [2.45, 2.75) is 26.7 Å². The van der Waals surface area contributed by atoms with Gasteiger partial charge >= 0.3 is 0 Å². The fourth-order valence-electron chi connectivity index (χ4n) is 1.58. The highest BCUT2D eigenvalue weighted by atomic mass is 14.8. The molecular weight excluding hydrogens is 170 g/mol. The Hall–Kier alpha value is -0.820. The topological polar surface area (TPSA) is 12.0 Å². The molecule has 0 aliphatic carbocycles. The van der Waals surface area contributed by atoms with Crippen molar-refractivity contribution < 1.29 is 0 Å². The Bertz CT molecular complexity index is 248. The van der Waals surface area contributed by atoms with Gasteiger partial charge in [0.15, 0.2) is 0 Å². The molecule has 78 valence electrons. The van der Waals surface area contributed by atoms with Gasteiger partial charge in [0.25, 0.3) is 0 Å². The summed E-state index contributed by atoms with van der Waals surface area (Å²) in [6.07, 6.45) is 2.31. The summed E-state index contributed by atoms with van der Waals surface area (Å²) < 4.78 is 0. The third-order valence-corrected chi connectivity index (χ3v) is 2.33. The van der Waals surface area contributed by atoms with Crippen LogP contribution in [0.4, 0.5) is 0 Å². The van der Waals surface area contributed by atoms with Crippen molar-refractivity contribution in [2.24, 2.45) is 5.92 Å². The van der Waals surface area contributed by atoms with Gasteiger partial charge in [-0.2, -0.15) is 0 Å². The van der Waals surface area contributed by atoms with E-state index in [1.165, 1.54) is 17.5 Å². The standard InChI is InChI=1S/C13H21N/c1-11(2)10-13-6-4-12(5-7-13)8-9-14-3/h4-7,11,14H,8-10H2,1-3H3. The lowest BCUT2D eigenvalue weighted by atomic mass is 10.0. The second kappa shape index (κ2) is 5.82. The number of rotatable bonds is 5. The van der Waals surface area contributed by atoms with E-state index in [1.807, 2.05) is 7.05 Å². The van der Waals surface area contributed by atoms with Crippen LogP contribution in [0.1, 0.15) is 25.0 Å². The molecule has 0 saturated heterocycles. The van der Waals surface area contributed by atoms with Gasteiger partial charge < -0.3 is 5.32 Å². The molecule has 1 aromatic rings. The lowest BCUT2D eigenvalue weighted by Gasteiger charge is -2.06. The van der Waals surface area contributed by atoms with Crippen molar-refractivity contribution in [2.75, 3.05) is 13.6 Å². The van der Waals surface area contributed by atoms with E-state index < -0.39 is 0 Å². The monoisotopic (exact) mass is 191 g/mol. The molecule has 0 spiro atoms. The molecule has 0 atom stereocenters. The van der Waals surface area contributed by atoms with Gasteiger partial charge in [-0.1, -0.05) is 38.1 Å². The van der Waals surface area contributed by atoms with E-state index in [2.05, 4.69) is 43.4 Å². The SMILES string of the molecule is CNCCc1ccc(CC(C)C)cc1. The molecule has 0 fully saturated rings. The van der Waals surface area contributed by atoms with Crippen LogP contribution in [-0.2, 0) is 12.8 Å². The van der Waals surface area contributed by atoms with Crippen LogP contribution in [0.25, 0.3) is 0 Å². The fraction of sp³-hybridized carbons (Fsp3) is 0.538. The van der Waals surface area contributed by atoms with Crippen molar-refractivity contribution in [3.63, 3.8) is 0 Å². The Kier molecular flexibility index (Phi) is 4.68. The first kappa shape index (κ1) is 11.3. The molecule has 0 aromatic heterocycles. The van der Waals surface area contributed by atoms with Crippen molar-refractivity contribution in [3.05, 3.63) is 35.4 Å². The minimum atomic E-state index is 0.748. The minimum Gasteiger partial charge on any atom is -0.319 e. The predicted octanol–water partition coefficient (Wildman–Crippen LogP) is 2.65. The van der Waals surface area contributed by atoms with Gasteiger partial charge in [-0.25, -0.2) is 0 Å². The first-order valence-electron chi connectivity index (χ1n) is 5.44. The summed E-state index contributed by atoms with van der Waals surface area (Å²) in [5.41, 5.74) is 2.88. The van der Waals surface area contributed by atoms with Crippen LogP contribution in [0.2, 0.25) is 0 Å². The average Bonchev–Trinajstić information content (AvgIpc) is 2.16. The molecule has 1 heteroatoms. The number of likely N-dealkylation sites (N-methyl/N-ethyl adjacent to an activating group) is 1. The molecule has 0 aliphatic heterocycles. The average molecular weight is 191 g/mol. The normalized spacial score (nSPS) is 10.9. The second-order valence-corrected chi connectivity index (χ2v) is 4.27. The van der Waals surface area contributed by atoms with E-state index in [0.29, 0.717) is 0 Å². The molecule has 0 unspecified atom stereocenters. The molecule has 0 aliphatic rings. The number of nitrogens with one attached hydrogen (secondary N) is 1. The van der Waals surface area contributed by atoms with Crippen LogP contribution in [-0.4, -0.2) is 13.6 Å². The van der Waals surface area contributed by atoms with Crippen LogP contribution in [0, 0.1) is 5.92 Å². The highest BCUT2D eigenvalue weighted by Crippen LogP contribution is 2.09. The largest absolute Gasteiger partial charge is 0.319 e. The van der Waals surface area contributed by atoms with Crippen molar-refractivity contribution >= 4 is 0 Å². The van der Waals surface area contributed by atoms with Crippen LogP contribution >= 0.6 is 0 Å². The lowest BCUT2D eigenvalue weighted by Crippen LogP contribution is -2.10. The number of hydrogen-bond acceptors (Lipinski definition) is 1. The van der Waals surface area contributed by atoms with Crippen LogP contribution < -0.4 is 5.32 Å². The molecular formula is C13H21N. The van der Waals surface area contributed by atoms with E-state index in [9.17, 15) is 0 Å². The van der Waals surface area contributed by atoms with Crippen LogP contribution in [0.15, 0.2) is 24.3 Å². The molecule has 1 aromatic carbocycles. The van der Waals surface area contributed by atoms with Gasteiger partial charge in [-0.15, -0.1) is 0 Å². The summed E-state index contributed by atoms with van der Waals surface area (Å²) in [7, 11) is 1.99. The third-order valence-electron chi connectivity index (χ3n) is 2.33. The van der Waals surface area contributed by atoms with Crippen molar-refractivity contribution in [1.29, 1.82) is 0 Å². The lowest BCUT2D eigenvalue weighted by molar-refractivity contribution is 0.647. The molecule has 0 bridgehead atoms. The molecule has 14 heavy (non-hydrogen) atoms. The Labute approximate surface area is 87.5 Å². The predicted molar refractivity (Wildman–Crippen MR) is 62.6 cm³/mol. The van der Waals surface area contributed by atoms with Crippen molar-refractivity contribution in [1.82, 2.24) is 5.32 Å². The Morgan fingerprint density at radius 3 is 2.14 bits per heavy atom. The van der Waals surface area contributed by atoms with E-state index in [0.717, 1.165) is 18.9 Å². The molecule has 0 heterocycles. The van der Waals surface area contributed by atoms with Gasteiger partial charge in [0.05, 0.1) is 0 Å². The molecule has 0 amide bonds. The molecule has 1 nitrogen and oxygen atoms in total. The maximum absolute atomic E-state index is 3.16. The van der Waals surface area contributed by atoms with E-state index in [1.54, 1.807) is 0 Å². The smallest absolute Gasteiger partial charge is 0.00114 e. The van der Waals surface area contributed by atoms with Gasteiger partial charge in [0.2, 0.25) is 0 Å². The van der Waals surface area contributed by atoms with E-state index >= 15 is 0 Å². The fourth-order valence-corrected chi connectivity index (χ4v) is 1.58. The molecule has 0 radical (unpaired) electrons. The third kappa shape index (κ3) is 3.93. The maximum atomic E-state index is 3.16. The number of hydrogen-bond donors (Lipinski definition) is 1. The summed E-state index contributed by atoms with van der Waals surface area (Å²) in [4.78, 5) is 0. The van der Waals surface area contributed by atoms with Gasteiger partial charge in [0, 0.05) is 0 Å². The second-order valence-electron chi connectivity index (χ2n) is 4.27. The first-order chi connectivity index (χ1) is 6.72. The Morgan fingerprint density at radius 1 is 1.07 bits per heavy atom. The van der Waals surface area contributed by atoms with Crippen molar-refractivity contribution in [3.8, 4) is 0 Å². The van der Waals surface area contributed by atoms with Gasteiger partial charge in [0.1, 0.15) is 0 Å². The summed E-state index contributed by atoms with van der Waals surface area (Å²) in [6.45, 7) is 5.58. The quantitative estimate of drug-likeness (QED) is 0.754. The highest BCUT2D eigenvalue weighted by molar-refractivity contribution is 5.23. The Morgan fingerprint density at radius 2 is 1.64 bits per heavy atom. The summed E-state index contributed by atoms with van der Waals surface area (Å²) in [5.74, 6) is 0.748. The first-order valence-corrected chi connectivity index (χ1v) is 5.44. The summed E-state index contributed by atoms with van der Waals surface area (Å²) >= 11 is 0. The minimum absolute atomic E-state index is 0.748. The summed E-state index contributed by atoms with van der Waals surface area (Å²) in [6, 6.07) is 9.00. The zero-order valence-electron chi connectivity index (χ0n) is 9.51. The van der Waals surface area contributed by atoms with Gasteiger partial charge in [-0.05, 0) is 43.5 Å². The zero-order valence-corrected chi connectivity index (χ0v) is 9.51. The maximum Gasteiger partial charge on any atom is -0.00114 e. The Balaban J connectivity index is 2.50. The molecule has 0 saturated carbocycles. The summed E-state index contributed by atoms with van der Waals surface area (Å²) in [5, 5.41) is 3.16. The van der Waals surface area contributed by atoms with Crippen LogP contribution in [0.5, 0.6) is 0 Å². The molecule has 1 N–H and O–H groups in total. The van der Waals surface area contributed by atoms with Crippen LogP contribution in [0.3, 0.4) is 0 Å².